The van der Waals surface area contributed by atoms with Gasteiger partial charge in [-0.15, -0.1) is 4.90 Å². The van der Waals surface area contributed by atoms with Crippen molar-refractivity contribution < 1.29 is 123 Å². The summed E-state index contributed by atoms with van der Waals surface area (Å²) < 4.78 is 181. The average molecular weight is 447 g/mol. The van der Waals surface area contributed by atoms with E-state index in [4.69, 9.17) is 0 Å². The molecule has 1 fully saturated rings. The number of likely N-dealkylation sites (tertiary alicyclic amines) is 1. The van der Waals surface area contributed by atoms with Crippen LogP contribution in [-0.2, 0) is 4.79 Å². The van der Waals surface area contributed by atoms with E-state index in [-0.39, 0.29) is 51.4 Å². The molecule has 18 heteroatoms. The number of piperidine rings is 1. The number of rotatable bonds is 3. The Kier molecular flexibility index (Phi) is 6.32. The normalized spacial score (nSPS) is 26.7. The predicted molar refractivity (Wildman–Crippen MR) is 41.5 cm³/mol. The van der Waals surface area contributed by atoms with E-state index in [9.17, 15) is 71.4 Å². The maximum Gasteiger partial charge on any atom is 1.00 e. The Balaban J connectivity index is 0.00000625. The van der Waals surface area contributed by atoms with Gasteiger partial charge < -0.3 is 9.90 Å². The number of carbonyl (C=O) groups excluding carboxylic acids is 1. The van der Waals surface area contributed by atoms with Gasteiger partial charge in [0.2, 0.25) is 0 Å². The van der Waals surface area contributed by atoms with Crippen molar-refractivity contribution in [1.29, 1.82) is 0 Å². The van der Waals surface area contributed by atoms with E-state index >= 15 is 0 Å². The Morgan fingerprint density at radius 1 is 0.692 bits per heavy atom. The van der Waals surface area contributed by atoms with Crippen LogP contribution in [0.3, 0.4) is 0 Å². The van der Waals surface area contributed by atoms with Crippen LogP contribution >= 0.6 is 0 Å². The first-order valence-electron chi connectivity index (χ1n) is 5.22. The Hall–Kier alpha value is 0.0864. The molecule has 0 radical (unpaired) electrons. The van der Waals surface area contributed by atoms with Crippen LogP contribution in [0.15, 0.2) is 0 Å². The topological polar surface area (TPSA) is 43.4 Å². The van der Waals surface area contributed by atoms with Crippen LogP contribution in [0.5, 0.6) is 0 Å². The number of halogens is 14. The third-order valence-corrected chi connectivity index (χ3v) is 3.02. The largest absolute Gasteiger partial charge is 1.00 e. The van der Waals surface area contributed by atoms with Crippen molar-refractivity contribution in [3.8, 4) is 0 Å². The van der Waals surface area contributed by atoms with Gasteiger partial charge in [-0.25, -0.2) is 0 Å². The molecule has 0 unspecified atom stereocenters. The van der Waals surface area contributed by atoms with Gasteiger partial charge in [0, 0.05) is 0 Å². The SMILES string of the molecule is O=C([O-])C(F)(F)C(F)(F)N1C(F)(F)C(F)(F)C(F)(F)C(F)(F)C1(F)F.[K+]. The molecule has 0 saturated carbocycles. The molecule has 0 spiro atoms. The molecule has 0 aromatic heterocycles. The molecule has 1 rings (SSSR count). The van der Waals surface area contributed by atoms with Crippen LogP contribution in [0.1, 0.15) is 0 Å². The van der Waals surface area contributed by atoms with Gasteiger partial charge in [-0.2, -0.15) is 61.5 Å². The van der Waals surface area contributed by atoms with E-state index in [1.54, 1.807) is 0 Å². The zero-order valence-electron chi connectivity index (χ0n) is 11.6. The predicted octanol–water partition coefficient (Wildman–Crippen LogP) is -0.625. The summed E-state index contributed by atoms with van der Waals surface area (Å²) in [5.41, 5.74) is 0. The Labute approximate surface area is 174 Å². The van der Waals surface area contributed by atoms with Crippen molar-refractivity contribution >= 4 is 5.97 Å². The minimum Gasteiger partial charge on any atom is -0.544 e. The first-order chi connectivity index (χ1) is 10.6. The summed E-state index contributed by atoms with van der Waals surface area (Å²) in [6, 6.07) is -23.2. The van der Waals surface area contributed by atoms with Crippen LogP contribution in [0.2, 0.25) is 0 Å². The Morgan fingerprint density at radius 3 is 1.19 bits per heavy atom. The van der Waals surface area contributed by atoms with E-state index in [0.29, 0.717) is 0 Å². The molecule has 0 aliphatic carbocycles. The van der Waals surface area contributed by atoms with Crippen LogP contribution in [0.25, 0.3) is 0 Å². The van der Waals surface area contributed by atoms with Crippen LogP contribution < -0.4 is 56.5 Å². The van der Waals surface area contributed by atoms with Gasteiger partial charge in [0.25, 0.3) is 0 Å². The molecule has 0 amide bonds. The standard InChI is InChI=1S/C8HF14NO2.K/c9-2(10,1(24)25)6(17,18)23-7(19,20)4(13,14)3(11,12)5(15,16)8(23,21)22;/h(H,24,25);/q;+1/p-1. The quantitative estimate of drug-likeness (QED) is 0.329. The summed E-state index contributed by atoms with van der Waals surface area (Å²) >= 11 is 0. The van der Waals surface area contributed by atoms with E-state index in [0.717, 1.165) is 0 Å². The summed E-state index contributed by atoms with van der Waals surface area (Å²) in [6.45, 7) is 0. The maximum absolute atomic E-state index is 13.2. The minimum atomic E-state index is -7.76. The van der Waals surface area contributed by atoms with E-state index < -0.39 is 52.7 Å². The van der Waals surface area contributed by atoms with E-state index in [2.05, 4.69) is 0 Å². The van der Waals surface area contributed by atoms with Gasteiger partial charge in [-0.3, -0.25) is 0 Å². The number of alkyl halides is 14. The van der Waals surface area contributed by atoms with E-state index in [1.807, 2.05) is 0 Å². The molecule has 0 atom stereocenters. The molecule has 1 aliphatic rings. The van der Waals surface area contributed by atoms with Gasteiger partial charge >= 0.3 is 93.2 Å². The number of aliphatic carboxylic acids is 1. The van der Waals surface area contributed by atoms with Gasteiger partial charge in [-0.1, -0.05) is 0 Å². The fourth-order valence-electron chi connectivity index (χ4n) is 1.65. The summed E-state index contributed by atoms with van der Waals surface area (Å²) in [7, 11) is 0. The number of hydrogen-bond donors (Lipinski definition) is 0. The second-order valence-corrected chi connectivity index (χ2v) is 4.54. The zero-order chi connectivity index (χ0) is 20.7. The van der Waals surface area contributed by atoms with Crippen molar-refractivity contribution in [3.63, 3.8) is 0 Å². The molecule has 1 aliphatic heterocycles. The molecular formula is C8F14KNO2. The smallest absolute Gasteiger partial charge is 0.544 e. The van der Waals surface area contributed by atoms with Crippen molar-refractivity contribution in [2.75, 3.05) is 0 Å². The molecule has 0 bridgehead atoms. The minimum absolute atomic E-state index is 0. The Morgan fingerprint density at radius 2 is 0.962 bits per heavy atom. The fourth-order valence-corrected chi connectivity index (χ4v) is 1.65. The van der Waals surface area contributed by atoms with Crippen LogP contribution in [-0.4, -0.2) is 52.7 Å². The molecule has 26 heavy (non-hydrogen) atoms. The molecular weight excluding hydrogens is 447 g/mol. The van der Waals surface area contributed by atoms with Gasteiger partial charge in [-0.05, 0) is 0 Å². The van der Waals surface area contributed by atoms with Gasteiger partial charge in [0.15, 0.2) is 0 Å². The summed E-state index contributed by atoms with van der Waals surface area (Å²) in [4.78, 5) is 5.55. The second kappa shape index (κ2) is 6.29. The number of carboxylic acids is 1. The second-order valence-electron chi connectivity index (χ2n) is 4.54. The van der Waals surface area contributed by atoms with Crippen molar-refractivity contribution in [1.82, 2.24) is 4.90 Å². The van der Waals surface area contributed by atoms with Gasteiger partial charge in [0.05, 0.1) is 0 Å². The average Bonchev–Trinajstić information content (AvgIpc) is 2.34. The van der Waals surface area contributed by atoms with Crippen molar-refractivity contribution in [2.45, 2.75) is 41.8 Å². The number of carboxylic acid groups (broad SMARTS) is 1. The van der Waals surface area contributed by atoms with E-state index in [1.165, 1.54) is 0 Å². The number of hydrogen-bond acceptors (Lipinski definition) is 3. The van der Waals surface area contributed by atoms with Crippen molar-refractivity contribution in [2.24, 2.45) is 0 Å². The van der Waals surface area contributed by atoms with Crippen LogP contribution in [0, 0.1) is 0 Å². The molecule has 0 N–H and O–H groups in total. The fraction of sp³-hybridized carbons (Fsp3) is 0.875. The third kappa shape index (κ3) is 2.69. The first-order valence-corrected chi connectivity index (χ1v) is 5.22. The molecule has 1 heterocycles. The molecule has 3 nitrogen and oxygen atoms in total. The molecule has 148 valence electrons. The first kappa shape index (κ1) is 26.1. The molecule has 1 saturated heterocycles. The number of carbonyl (C=O) groups is 1. The number of nitrogens with zero attached hydrogens (tertiary/aromatic N) is 1. The zero-order valence-corrected chi connectivity index (χ0v) is 14.7. The van der Waals surface area contributed by atoms with Gasteiger partial charge in [0.1, 0.15) is 5.97 Å². The molecule has 0 aromatic carbocycles. The summed E-state index contributed by atoms with van der Waals surface area (Å²) in [6.07, 6.45) is 0. The molecule has 0 aromatic rings. The van der Waals surface area contributed by atoms with Crippen molar-refractivity contribution in [3.05, 3.63) is 0 Å². The summed E-state index contributed by atoms with van der Waals surface area (Å²) in [5.74, 6) is -34.8. The third-order valence-electron chi connectivity index (χ3n) is 3.02. The Bertz CT molecular complexity index is 559. The maximum atomic E-state index is 13.2. The van der Waals surface area contributed by atoms with Crippen LogP contribution in [0.4, 0.5) is 61.5 Å². The monoisotopic (exact) mass is 447 g/mol. The summed E-state index contributed by atoms with van der Waals surface area (Å²) in [5, 5.41) is 9.80.